The van der Waals surface area contributed by atoms with Crippen molar-refractivity contribution in [3.63, 3.8) is 0 Å². The van der Waals surface area contributed by atoms with E-state index in [4.69, 9.17) is 4.74 Å². The number of hydrogen-bond donors (Lipinski definition) is 0. The first-order valence-electron chi connectivity index (χ1n) is 17.4. The quantitative estimate of drug-likeness (QED) is 0.166. The monoisotopic (exact) mass is 519 g/mol. The fraction of sp³-hybridized carbons (Fsp3) is 0.971. The van der Waals surface area contributed by atoms with Crippen LogP contribution in [-0.2, 0) is 9.84 Å². The molecule has 37 heavy (non-hydrogen) atoms. The van der Waals surface area contributed by atoms with Gasteiger partial charge in [0.05, 0.1) is 12.2 Å². The summed E-state index contributed by atoms with van der Waals surface area (Å²) in [6.45, 7) is 4.85. The van der Waals surface area contributed by atoms with Gasteiger partial charge in [0.1, 0.15) is 0 Å². The van der Waals surface area contributed by atoms with Crippen LogP contribution in [0.2, 0.25) is 0 Å². The molecule has 0 aromatic heterocycles. The summed E-state index contributed by atoms with van der Waals surface area (Å²) in [5, 5.41) is 12.8. The van der Waals surface area contributed by atoms with Gasteiger partial charge in [0.15, 0.2) is 0 Å². The molecule has 3 aliphatic carbocycles. The van der Waals surface area contributed by atoms with E-state index >= 15 is 0 Å². The molecule has 2 bridgehead atoms. The van der Waals surface area contributed by atoms with Gasteiger partial charge in [0.2, 0.25) is 0 Å². The summed E-state index contributed by atoms with van der Waals surface area (Å²) >= 11 is 0. The molecule has 0 spiro atoms. The summed E-state index contributed by atoms with van der Waals surface area (Å²) in [6, 6.07) is 0. The van der Waals surface area contributed by atoms with Gasteiger partial charge in [0, 0.05) is 6.61 Å². The molecule has 2 radical (unpaired) electrons. The number of hydrogen-bond acceptors (Lipinski definition) is 1. The van der Waals surface area contributed by atoms with E-state index < -0.39 is 0 Å². The molecular weight excluding hydrogens is 452 g/mol. The smallest absolute Gasteiger partial charge is 0.0933 e. The highest BCUT2D eigenvalue weighted by molar-refractivity contribution is 4.77. The molecule has 2 atom stereocenters. The maximum atomic E-state index is 12.8. The molecule has 3 saturated carbocycles. The molecule has 0 N–H and O–H groups in total. The Bertz CT molecular complexity index is 464. The molecule has 3 aliphatic rings. The van der Waals surface area contributed by atoms with Crippen molar-refractivity contribution in [1.29, 1.82) is 0 Å². The predicted octanol–water partition coefficient (Wildman–Crippen LogP) is 11.6. The summed E-state index contributed by atoms with van der Waals surface area (Å²) in [5.74, 6) is 1.39. The van der Waals surface area contributed by atoms with E-state index in [1.165, 1.54) is 161 Å². The van der Waals surface area contributed by atoms with Crippen LogP contribution in [0.4, 0.5) is 0 Å². The molecule has 2 heteroatoms. The van der Waals surface area contributed by atoms with Crippen LogP contribution in [0, 0.1) is 18.8 Å². The largest absolute Gasteiger partial charge is 0.378 e. The zero-order valence-corrected chi connectivity index (χ0v) is 25.0. The van der Waals surface area contributed by atoms with Gasteiger partial charge in [-0.15, -0.1) is 0 Å². The molecule has 0 aromatic rings. The highest BCUT2D eigenvalue weighted by atomic mass is 16.5. The lowest BCUT2D eigenvalue weighted by Crippen LogP contribution is -2.28. The van der Waals surface area contributed by atoms with E-state index in [1.807, 2.05) is 0 Å². The summed E-state index contributed by atoms with van der Waals surface area (Å²) in [4.78, 5) is 0. The van der Waals surface area contributed by atoms with E-state index in [1.54, 1.807) is 0 Å². The molecule has 0 aromatic carbocycles. The molecule has 0 aliphatic heterocycles. The summed E-state index contributed by atoms with van der Waals surface area (Å²) in [5.41, 5.74) is 0. The second-order valence-corrected chi connectivity index (χ2v) is 12.9. The SMILES string of the molecule is [CH2]CCCCCCCCCCCCCCCCCOC1CCC([O])CC2CCCCCC1CCCCC2. The van der Waals surface area contributed by atoms with Gasteiger partial charge in [-0.25, -0.2) is 5.11 Å². The lowest BCUT2D eigenvalue weighted by Gasteiger charge is -2.30. The Morgan fingerprint density at radius 2 is 0.973 bits per heavy atom. The molecule has 0 heterocycles. The van der Waals surface area contributed by atoms with E-state index in [2.05, 4.69) is 6.92 Å². The molecule has 0 amide bonds. The van der Waals surface area contributed by atoms with Gasteiger partial charge < -0.3 is 4.74 Å². The van der Waals surface area contributed by atoms with Gasteiger partial charge in [-0.05, 0) is 50.4 Å². The lowest BCUT2D eigenvalue weighted by molar-refractivity contribution is -0.0225. The van der Waals surface area contributed by atoms with Gasteiger partial charge >= 0.3 is 0 Å². The van der Waals surface area contributed by atoms with Crippen molar-refractivity contribution in [2.45, 2.75) is 198 Å². The normalized spacial score (nSPS) is 26.1. The fourth-order valence-electron chi connectivity index (χ4n) is 7.04. The highest BCUT2D eigenvalue weighted by Crippen LogP contribution is 2.32. The first-order chi connectivity index (χ1) is 18.3. The number of rotatable bonds is 18. The Morgan fingerprint density at radius 1 is 0.514 bits per heavy atom. The molecule has 218 valence electrons. The number of unbranched alkanes of at least 4 members (excludes halogenated alkanes) is 15. The Labute approximate surface area is 233 Å². The molecule has 0 saturated heterocycles. The van der Waals surface area contributed by atoms with Crippen LogP contribution >= 0.6 is 0 Å². The summed E-state index contributed by atoms with van der Waals surface area (Å²) < 4.78 is 6.57. The molecular formula is C35H66O2. The molecule has 2 nitrogen and oxygen atoms in total. The Balaban J connectivity index is 1.51. The average molecular weight is 519 g/mol. The minimum atomic E-state index is -0.357. The van der Waals surface area contributed by atoms with Crippen molar-refractivity contribution in [3.05, 3.63) is 6.92 Å². The van der Waals surface area contributed by atoms with Crippen molar-refractivity contribution in [3.8, 4) is 0 Å². The third-order valence-electron chi connectivity index (χ3n) is 9.50. The average Bonchev–Trinajstić information content (AvgIpc) is 2.88. The van der Waals surface area contributed by atoms with Crippen LogP contribution < -0.4 is 0 Å². The Hall–Kier alpha value is -0.0800. The van der Waals surface area contributed by atoms with Crippen LogP contribution in [0.3, 0.4) is 0 Å². The van der Waals surface area contributed by atoms with Crippen molar-refractivity contribution in [2.24, 2.45) is 11.8 Å². The van der Waals surface area contributed by atoms with Gasteiger partial charge in [-0.1, -0.05) is 155 Å². The van der Waals surface area contributed by atoms with Crippen LogP contribution in [0.15, 0.2) is 0 Å². The maximum absolute atomic E-state index is 12.8. The third kappa shape index (κ3) is 18.0. The third-order valence-corrected chi connectivity index (χ3v) is 9.50. The van der Waals surface area contributed by atoms with E-state index in [9.17, 15) is 5.11 Å². The second kappa shape index (κ2) is 23.8. The van der Waals surface area contributed by atoms with Gasteiger partial charge in [-0.3, -0.25) is 0 Å². The first kappa shape index (κ1) is 33.1. The fourth-order valence-corrected chi connectivity index (χ4v) is 7.04. The topological polar surface area (TPSA) is 29.1 Å². The first-order valence-corrected chi connectivity index (χ1v) is 17.4. The van der Waals surface area contributed by atoms with Crippen molar-refractivity contribution in [1.82, 2.24) is 0 Å². The van der Waals surface area contributed by atoms with Crippen LogP contribution in [0.25, 0.3) is 0 Å². The van der Waals surface area contributed by atoms with Gasteiger partial charge in [0.25, 0.3) is 0 Å². The van der Waals surface area contributed by atoms with E-state index in [0.29, 0.717) is 17.9 Å². The Kier molecular flexibility index (Phi) is 21.3. The lowest BCUT2D eigenvalue weighted by atomic mass is 9.82. The zero-order valence-electron chi connectivity index (χ0n) is 25.0. The second-order valence-electron chi connectivity index (χ2n) is 12.9. The van der Waals surface area contributed by atoms with Crippen molar-refractivity contribution in [2.75, 3.05) is 6.61 Å². The number of fused-ring (bicyclic) bond motifs is 12. The molecule has 3 rings (SSSR count). The van der Waals surface area contributed by atoms with Crippen LogP contribution in [-0.4, -0.2) is 18.8 Å². The van der Waals surface area contributed by atoms with Gasteiger partial charge in [-0.2, -0.15) is 0 Å². The maximum Gasteiger partial charge on any atom is 0.0933 e. The zero-order chi connectivity index (χ0) is 26.2. The highest BCUT2D eigenvalue weighted by Gasteiger charge is 2.26. The van der Waals surface area contributed by atoms with Crippen molar-refractivity contribution < 1.29 is 9.84 Å². The molecule has 3 fully saturated rings. The van der Waals surface area contributed by atoms with Crippen LogP contribution in [0.5, 0.6) is 0 Å². The van der Waals surface area contributed by atoms with E-state index in [-0.39, 0.29) is 6.10 Å². The van der Waals surface area contributed by atoms with E-state index in [0.717, 1.165) is 32.3 Å². The number of ether oxygens (including phenoxy) is 1. The standard InChI is InChI=1S/C35H66O2/c1-2-3-4-5-6-7-8-9-10-11-12-13-14-15-16-23-30-37-35-29-28-34(36)31-32-24-19-17-21-26-33(35)27-22-18-20-25-32/h32-35H,1-31H2. The summed E-state index contributed by atoms with van der Waals surface area (Å²) in [6.07, 6.45) is 38.2. The van der Waals surface area contributed by atoms with Crippen molar-refractivity contribution >= 4 is 0 Å². The summed E-state index contributed by atoms with van der Waals surface area (Å²) in [7, 11) is 0. The Morgan fingerprint density at radius 3 is 1.49 bits per heavy atom. The predicted molar refractivity (Wildman–Crippen MR) is 160 cm³/mol. The van der Waals surface area contributed by atoms with Crippen LogP contribution in [0.1, 0.15) is 186 Å². The minimum Gasteiger partial charge on any atom is -0.378 e. The molecule has 2 unspecified atom stereocenters. The minimum absolute atomic E-state index is 0.349.